The zero-order valence-electron chi connectivity index (χ0n) is 10.8. The van der Waals surface area contributed by atoms with Gasteiger partial charge < -0.3 is 10.4 Å². The van der Waals surface area contributed by atoms with Crippen LogP contribution < -0.4 is 5.32 Å². The van der Waals surface area contributed by atoms with E-state index in [-0.39, 0.29) is 12.0 Å². The quantitative estimate of drug-likeness (QED) is 0.816. The Morgan fingerprint density at radius 2 is 2.41 bits per heavy atom. The number of aliphatic hydroxyl groups is 1. The van der Waals surface area contributed by atoms with Gasteiger partial charge in [-0.1, -0.05) is 6.92 Å². The maximum atomic E-state index is 10.7. The highest BCUT2D eigenvalue weighted by atomic mass is 16.3. The van der Waals surface area contributed by atoms with Crippen molar-refractivity contribution in [3.63, 3.8) is 0 Å². The molecule has 0 saturated carbocycles. The lowest BCUT2D eigenvalue weighted by molar-refractivity contribution is -0.0353. The van der Waals surface area contributed by atoms with Gasteiger partial charge in [0.2, 0.25) is 0 Å². The Morgan fingerprint density at radius 1 is 1.65 bits per heavy atom. The molecule has 0 radical (unpaired) electrons. The zero-order chi connectivity index (χ0) is 12.5. The number of rotatable bonds is 3. The summed E-state index contributed by atoms with van der Waals surface area (Å²) in [5, 5.41) is 18.2. The Labute approximate surface area is 102 Å². The van der Waals surface area contributed by atoms with Crippen LogP contribution in [0.25, 0.3) is 0 Å². The van der Waals surface area contributed by atoms with Gasteiger partial charge in [-0.25, -0.2) is 9.67 Å². The van der Waals surface area contributed by atoms with Gasteiger partial charge in [-0.15, -0.1) is 0 Å². The summed E-state index contributed by atoms with van der Waals surface area (Å²) in [5.74, 6) is 1.13. The molecule has 1 aromatic heterocycles. The molecule has 1 aromatic rings. The molecule has 0 aromatic carbocycles. The summed E-state index contributed by atoms with van der Waals surface area (Å²) in [6, 6.07) is 0.285. The maximum Gasteiger partial charge on any atom is 0.138 e. The van der Waals surface area contributed by atoms with Gasteiger partial charge in [0.25, 0.3) is 0 Å². The van der Waals surface area contributed by atoms with Gasteiger partial charge in [0.15, 0.2) is 0 Å². The normalized spacial score (nSPS) is 29.8. The van der Waals surface area contributed by atoms with Crippen LogP contribution >= 0.6 is 0 Å². The molecule has 2 unspecified atom stereocenters. The van der Waals surface area contributed by atoms with Crippen LogP contribution in [0.2, 0.25) is 0 Å². The smallest absolute Gasteiger partial charge is 0.138 e. The van der Waals surface area contributed by atoms with Crippen LogP contribution in [0.4, 0.5) is 0 Å². The molecule has 5 nitrogen and oxygen atoms in total. The standard InChI is InChI=1S/C12H22N4O/c1-9(2)16-11(14-8-15-16)6-12(17)4-5-13-7-10(12)3/h8-10,13,17H,4-7H2,1-3H3. The molecule has 1 saturated heterocycles. The number of hydrogen-bond acceptors (Lipinski definition) is 4. The summed E-state index contributed by atoms with van der Waals surface area (Å²) in [7, 11) is 0. The second-order valence-electron chi connectivity index (χ2n) is 5.35. The molecule has 0 bridgehead atoms. The van der Waals surface area contributed by atoms with Crippen LogP contribution in [-0.2, 0) is 6.42 Å². The van der Waals surface area contributed by atoms with Gasteiger partial charge >= 0.3 is 0 Å². The van der Waals surface area contributed by atoms with Gasteiger partial charge in [0, 0.05) is 19.0 Å². The number of nitrogens with one attached hydrogen (secondary N) is 1. The number of aromatic nitrogens is 3. The third-order valence-corrected chi connectivity index (χ3v) is 3.70. The van der Waals surface area contributed by atoms with Gasteiger partial charge in [0.1, 0.15) is 12.2 Å². The monoisotopic (exact) mass is 238 g/mol. The molecule has 2 heterocycles. The van der Waals surface area contributed by atoms with E-state index in [1.807, 2.05) is 4.68 Å². The lowest BCUT2D eigenvalue weighted by atomic mass is 9.80. The van der Waals surface area contributed by atoms with Gasteiger partial charge in [-0.3, -0.25) is 0 Å². The minimum atomic E-state index is -0.648. The molecule has 0 spiro atoms. The van der Waals surface area contributed by atoms with E-state index in [0.717, 1.165) is 25.3 Å². The molecule has 2 N–H and O–H groups in total. The lowest BCUT2D eigenvalue weighted by Gasteiger charge is -2.38. The predicted molar refractivity (Wildman–Crippen MR) is 65.7 cm³/mol. The molecular weight excluding hydrogens is 216 g/mol. The molecule has 17 heavy (non-hydrogen) atoms. The molecule has 0 aliphatic carbocycles. The molecule has 1 aliphatic heterocycles. The van der Waals surface area contributed by atoms with Crippen molar-refractivity contribution in [2.75, 3.05) is 13.1 Å². The van der Waals surface area contributed by atoms with Crippen molar-refractivity contribution in [1.82, 2.24) is 20.1 Å². The highest BCUT2D eigenvalue weighted by molar-refractivity contribution is 5.00. The predicted octanol–water partition coefficient (Wildman–Crippen LogP) is 0.762. The molecule has 2 atom stereocenters. The summed E-state index contributed by atoms with van der Waals surface area (Å²) in [5.41, 5.74) is -0.648. The first kappa shape index (κ1) is 12.5. The minimum absolute atomic E-state index is 0.244. The number of nitrogens with zero attached hydrogens (tertiary/aromatic N) is 3. The average Bonchev–Trinajstić information content (AvgIpc) is 2.70. The minimum Gasteiger partial charge on any atom is -0.389 e. The first-order chi connectivity index (χ1) is 8.03. The van der Waals surface area contributed by atoms with Crippen molar-refractivity contribution in [2.45, 2.75) is 45.3 Å². The molecule has 2 rings (SSSR count). The van der Waals surface area contributed by atoms with E-state index in [1.165, 1.54) is 0 Å². The van der Waals surface area contributed by atoms with Crippen molar-refractivity contribution < 1.29 is 5.11 Å². The topological polar surface area (TPSA) is 63.0 Å². The second-order valence-corrected chi connectivity index (χ2v) is 5.35. The summed E-state index contributed by atoms with van der Waals surface area (Å²) < 4.78 is 1.90. The van der Waals surface area contributed by atoms with E-state index in [2.05, 4.69) is 36.2 Å². The molecule has 96 valence electrons. The first-order valence-corrected chi connectivity index (χ1v) is 6.34. The van der Waals surface area contributed by atoms with E-state index in [9.17, 15) is 5.11 Å². The van der Waals surface area contributed by atoms with Crippen molar-refractivity contribution in [3.8, 4) is 0 Å². The number of hydrogen-bond donors (Lipinski definition) is 2. The average molecular weight is 238 g/mol. The van der Waals surface area contributed by atoms with Crippen molar-refractivity contribution in [1.29, 1.82) is 0 Å². The summed E-state index contributed by atoms with van der Waals surface area (Å²) in [6.07, 6.45) is 2.94. The first-order valence-electron chi connectivity index (χ1n) is 6.34. The van der Waals surface area contributed by atoms with Crippen LogP contribution in [0.15, 0.2) is 6.33 Å². The van der Waals surface area contributed by atoms with E-state index in [4.69, 9.17) is 0 Å². The van der Waals surface area contributed by atoms with E-state index >= 15 is 0 Å². The Kier molecular flexibility index (Phi) is 3.49. The SMILES string of the molecule is CC(C)n1ncnc1CC1(O)CCNCC1C. The van der Waals surface area contributed by atoms with Crippen molar-refractivity contribution >= 4 is 0 Å². The van der Waals surface area contributed by atoms with E-state index in [1.54, 1.807) is 6.33 Å². The molecule has 1 aliphatic rings. The maximum absolute atomic E-state index is 10.7. The lowest BCUT2D eigenvalue weighted by Crippen LogP contribution is -2.50. The Morgan fingerprint density at radius 3 is 3.06 bits per heavy atom. The van der Waals surface area contributed by atoms with Gasteiger partial charge in [0.05, 0.1) is 5.60 Å². The highest BCUT2D eigenvalue weighted by Crippen LogP contribution is 2.28. The second kappa shape index (κ2) is 4.74. The summed E-state index contributed by atoms with van der Waals surface area (Å²) >= 11 is 0. The highest BCUT2D eigenvalue weighted by Gasteiger charge is 2.37. The third kappa shape index (κ3) is 2.50. The summed E-state index contributed by atoms with van der Waals surface area (Å²) in [4.78, 5) is 4.28. The fourth-order valence-corrected chi connectivity index (χ4v) is 2.43. The Balaban J connectivity index is 2.16. The Hall–Kier alpha value is -0.940. The fourth-order valence-electron chi connectivity index (χ4n) is 2.43. The number of piperidine rings is 1. The zero-order valence-corrected chi connectivity index (χ0v) is 10.8. The molecular formula is C12H22N4O. The molecule has 5 heteroatoms. The van der Waals surface area contributed by atoms with Crippen molar-refractivity contribution in [3.05, 3.63) is 12.2 Å². The van der Waals surface area contributed by atoms with Crippen LogP contribution in [0, 0.1) is 5.92 Å². The Bertz CT molecular complexity index is 376. The third-order valence-electron chi connectivity index (χ3n) is 3.70. The summed E-state index contributed by atoms with van der Waals surface area (Å²) in [6.45, 7) is 7.98. The van der Waals surface area contributed by atoms with Crippen molar-refractivity contribution in [2.24, 2.45) is 5.92 Å². The van der Waals surface area contributed by atoms with Crippen LogP contribution in [-0.4, -0.2) is 38.6 Å². The van der Waals surface area contributed by atoms with Gasteiger partial charge in [-0.05, 0) is 32.7 Å². The fraction of sp³-hybridized carbons (Fsp3) is 0.833. The van der Waals surface area contributed by atoms with E-state index < -0.39 is 5.60 Å². The van der Waals surface area contributed by atoms with Crippen LogP contribution in [0.5, 0.6) is 0 Å². The molecule has 1 fully saturated rings. The van der Waals surface area contributed by atoms with Crippen LogP contribution in [0.3, 0.4) is 0 Å². The van der Waals surface area contributed by atoms with Gasteiger partial charge in [-0.2, -0.15) is 5.10 Å². The largest absolute Gasteiger partial charge is 0.389 e. The van der Waals surface area contributed by atoms with E-state index in [0.29, 0.717) is 6.42 Å². The van der Waals surface area contributed by atoms with Crippen LogP contribution in [0.1, 0.15) is 39.1 Å². The molecule has 0 amide bonds.